The van der Waals surface area contributed by atoms with Crippen molar-refractivity contribution >= 4 is 27.0 Å². The Morgan fingerprint density at radius 3 is 3.14 bits per heavy atom. The Kier molecular flexibility index (Phi) is 2.84. The van der Waals surface area contributed by atoms with Crippen molar-refractivity contribution in [3.63, 3.8) is 0 Å². The summed E-state index contributed by atoms with van der Waals surface area (Å²) in [6.45, 7) is 1.54. The Morgan fingerprint density at radius 1 is 1.50 bits per heavy atom. The van der Waals surface area contributed by atoms with Gasteiger partial charge in [0.1, 0.15) is 5.65 Å². The number of fused-ring (bicyclic) bond motifs is 1. The van der Waals surface area contributed by atoms with Crippen molar-refractivity contribution in [3.8, 4) is 0 Å². The minimum atomic E-state index is 0.706. The zero-order valence-corrected chi connectivity index (χ0v) is 9.49. The molecule has 0 N–H and O–H groups in total. The number of hydrogen-bond donors (Lipinski definition) is 0. The fourth-order valence-electron chi connectivity index (χ4n) is 1.43. The van der Waals surface area contributed by atoms with E-state index < -0.39 is 0 Å². The molecule has 0 spiro atoms. The number of nitrogens with zero attached hydrogens (tertiary/aromatic N) is 2. The summed E-state index contributed by atoms with van der Waals surface area (Å²) >= 11 is 3.49. The average Bonchev–Trinajstić information content (AvgIpc) is 2.60. The minimum Gasteiger partial charge on any atom is -0.383 e. The van der Waals surface area contributed by atoms with Gasteiger partial charge in [-0.3, -0.25) is 0 Å². The Morgan fingerprint density at radius 2 is 2.36 bits per heavy atom. The third-order valence-electron chi connectivity index (χ3n) is 2.15. The molecule has 0 aliphatic heterocycles. The maximum absolute atomic E-state index is 5.03. The Bertz CT molecular complexity index is 439. The standard InChI is InChI=1S/C10H11BrN2O/c1-14-7-6-13-5-3-8-9(11)2-4-12-10(8)13/h2-5H,6-7H2,1H3. The second-order valence-electron chi connectivity index (χ2n) is 3.03. The number of ether oxygens (including phenoxy) is 1. The van der Waals surface area contributed by atoms with E-state index >= 15 is 0 Å². The van der Waals surface area contributed by atoms with Crippen LogP contribution in [0.3, 0.4) is 0 Å². The number of hydrogen-bond acceptors (Lipinski definition) is 2. The SMILES string of the molecule is COCCn1ccc2c(Br)ccnc21. The lowest BCUT2D eigenvalue weighted by atomic mass is 10.3. The van der Waals surface area contributed by atoms with Crippen LogP contribution < -0.4 is 0 Å². The van der Waals surface area contributed by atoms with Gasteiger partial charge in [0.15, 0.2) is 0 Å². The maximum Gasteiger partial charge on any atom is 0.141 e. The fourth-order valence-corrected chi connectivity index (χ4v) is 1.86. The normalized spacial score (nSPS) is 11.0. The molecule has 0 saturated carbocycles. The minimum absolute atomic E-state index is 0.706. The molecule has 0 atom stereocenters. The monoisotopic (exact) mass is 254 g/mol. The topological polar surface area (TPSA) is 27.1 Å². The van der Waals surface area contributed by atoms with E-state index in [1.807, 2.05) is 12.3 Å². The molecule has 0 aliphatic rings. The van der Waals surface area contributed by atoms with Crippen LogP contribution in [0.2, 0.25) is 0 Å². The van der Waals surface area contributed by atoms with Crippen LogP contribution in [-0.4, -0.2) is 23.3 Å². The van der Waals surface area contributed by atoms with Crippen LogP contribution >= 0.6 is 15.9 Å². The number of methoxy groups -OCH3 is 1. The van der Waals surface area contributed by atoms with E-state index in [1.165, 1.54) is 0 Å². The molecule has 2 heterocycles. The highest BCUT2D eigenvalue weighted by Gasteiger charge is 2.03. The highest BCUT2D eigenvalue weighted by Crippen LogP contribution is 2.22. The van der Waals surface area contributed by atoms with Crippen LogP contribution in [0.1, 0.15) is 0 Å². The summed E-state index contributed by atoms with van der Waals surface area (Å²) in [5, 5.41) is 1.14. The first kappa shape index (κ1) is 9.68. The molecular formula is C10H11BrN2O. The van der Waals surface area contributed by atoms with Gasteiger partial charge in [0.2, 0.25) is 0 Å². The molecule has 0 fully saturated rings. The lowest BCUT2D eigenvalue weighted by Gasteiger charge is -2.03. The van der Waals surface area contributed by atoms with E-state index in [2.05, 4.69) is 31.5 Å². The van der Waals surface area contributed by atoms with Gasteiger partial charge in [-0.1, -0.05) is 0 Å². The summed E-state index contributed by atoms with van der Waals surface area (Å²) < 4.78 is 8.20. The quantitative estimate of drug-likeness (QED) is 0.842. The maximum atomic E-state index is 5.03. The lowest BCUT2D eigenvalue weighted by molar-refractivity contribution is 0.188. The molecule has 2 rings (SSSR count). The second-order valence-corrected chi connectivity index (χ2v) is 3.89. The van der Waals surface area contributed by atoms with Gasteiger partial charge in [0.05, 0.1) is 6.61 Å². The predicted molar refractivity (Wildman–Crippen MR) is 59.3 cm³/mol. The van der Waals surface area contributed by atoms with Crippen LogP contribution in [0.4, 0.5) is 0 Å². The van der Waals surface area contributed by atoms with Crippen molar-refractivity contribution in [1.29, 1.82) is 0 Å². The van der Waals surface area contributed by atoms with Crippen LogP contribution in [0.15, 0.2) is 29.0 Å². The first-order chi connectivity index (χ1) is 6.83. The van der Waals surface area contributed by atoms with Crippen LogP contribution in [-0.2, 0) is 11.3 Å². The molecule has 14 heavy (non-hydrogen) atoms. The molecular weight excluding hydrogens is 244 g/mol. The van der Waals surface area contributed by atoms with Gasteiger partial charge in [-0.15, -0.1) is 0 Å². The smallest absolute Gasteiger partial charge is 0.141 e. The van der Waals surface area contributed by atoms with Gasteiger partial charge in [-0.25, -0.2) is 4.98 Å². The highest BCUT2D eigenvalue weighted by atomic mass is 79.9. The highest BCUT2D eigenvalue weighted by molar-refractivity contribution is 9.10. The van der Waals surface area contributed by atoms with Gasteiger partial charge in [0, 0.05) is 35.9 Å². The molecule has 74 valence electrons. The second kappa shape index (κ2) is 4.11. The molecule has 3 nitrogen and oxygen atoms in total. The first-order valence-electron chi connectivity index (χ1n) is 4.41. The molecule has 0 saturated heterocycles. The van der Waals surface area contributed by atoms with E-state index in [1.54, 1.807) is 13.3 Å². The van der Waals surface area contributed by atoms with E-state index in [4.69, 9.17) is 4.74 Å². The number of pyridine rings is 1. The summed E-state index contributed by atoms with van der Waals surface area (Å²) in [5.41, 5.74) is 0.997. The zero-order valence-electron chi connectivity index (χ0n) is 7.90. The molecule has 0 radical (unpaired) electrons. The Balaban J connectivity index is 2.42. The predicted octanol–water partition coefficient (Wildman–Crippen LogP) is 2.45. The summed E-state index contributed by atoms with van der Waals surface area (Å²) in [5.74, 6) is 0. The largest absolute Gasteiger partial charge is 0.383 e. The third-order valence-corrected chi connectivity index (χ3v) is 2.84. The van der Waals surface area contributed by atoms with Crippen LogP contribution in [0, 0.1) is 0 Å². The fraction of sp³-hybridized carbons (Fsp3) is 0.300. The van der Waals surface area contributed by atoms with Crippen molar-refractivity contribution in [2.45, 2.75) is 6.54 Å². The van der Waals surface area contributed by atoms with Crippen molar-refractivity contribution in [1.82, 2.24) is 9.55 Å². The van der Waals surface area contributed by atoms with Gasteiger partial charge in [0.25, 0.3) is 0 Å². The van der Waals surface area contributed by atoms with E-state index in [-0.39, 0.29) is 0 Å². The van der Waals surface area contributed by atoms with Crippen molar-refractivity contribution in [2.75, 3.05) is 13.7 Å². The molecule has 0 unspecified atom stereocenters. The van der Waals surface area contributed by atoms with Crippen molar-refractivity contribution in [2.24, 2.45) is 0 Å². The summed E-state index contributed by atoms with van der Waals surface area (Å²) in [4.78, 5) is 4.33. The molecule has 4 heteroatoms. The summed E-state index contributed by atoms with van der Waals surface area (Å²) in [6.07, 6.45) is 3.83. The Labute approximate surface area is 90.8 Å². The van der Waals surface area contributed by atoms with Gasteiger partial charge in [-0.05, 0) is 28.1 Å². The van der Waals surface area contributed by atoms with Crippen molar-refractivity contribution < 1.29 is 4.74 Å². The van der Waals surface area contributed by atoms with Gasteiger partial charge in [-0.2, -0.15) is 0 Å². The number of aromatic nitrogens is 2. The van der Waals surface area contributed by atoms with Crippen LogP contribution in [0.25, 0.3) is 11.0 Å². The molecule has 0 bridgehead atoms. The summed E-state index contributed by atoms with van der Waals surface area (Å²) in [7, 11) is 1.70. The molecule has 0 amide bonds. The number of halogens is 1. The Hall–Kier alpha value is -0.870. The molecule has 2 aromatic rings. The lowest BCUT2D eigenvalue weighted by Crippen LogP contribution is -2.03. The van der Waals surface area contributed by atoms with Crippen LogP contribution in [0.5, 0.6) is 0 Å². The van der Waals surface area contributed by atoms with E-state index in [9.17, 15) is 0 Å². The first-order valence-corrected chi connectivity index (χ1v) is 5.20. The van der Waals surface area contributed by atoms with Crippen molar-refractivity contribution in [3.05, 3.63) is 29.0 Å². The molecule has 0 aromatic carbocycles. The van der Waals surface area contributed by atoms with Gasteiger partial charge >= 0.3 is 0 Å². The molecule has 2 aromatic heterocycles. The third kappa shape index (κ3) is 1.67. The molecule has 0 aliphatic carbocycles. The zero-order chi connectivity index (χ0) is 9.97. The summed E-state index contributed by atoms with van der Waals surface area (Å²) in [6, 6.07) is 4.01. The van der Waals surface area contributed by atoms with Gasteiger partial charge < -0.3 is 9.30 Å². The average molecular weight is 255 g/mol. The van der Waals surface area contributed by atoms with E-state index in [0.29, 0.717) is 6.61 Å². The van der Waals surface area contributed by atoms with E-state index in [0.717, 1.165) is 22.1 Å². The number of rotatable bonds is 3.